The first kappa shape index (κ1) is 19.7. The number of rotatable bonds is 14. The third-order valence-electron chi connectivity index (χ3n) is 3.58. The van der Waals surface area contributed by atoms with Gasteiger partial charge in [-0.2, -0.15) is 0 Å². The second-order valence-electron chi connectivity index (χ2n) is 5.59. The molecule has 4 heteroatoms. The maximum absolute atomic E-state index is 10.9. The molecule has 0 aliphatic carbocycles. The van der Waals surface area contributed by atoms with Gasteiger partial charge in [-0.25, -0.2) is 0 Å². The molecule has 0 aliphatic heterocycles. The molecule has 2 N–H and O–H groups in total. The van der Waals surface area contributed by atoms with Crippen LogP contribution in [0, 0.1) is 5.92 Å². The summed E-state index contributed by atoms with van der Waals surface area (Å²) >= 11 is 0. The maximum Gasteiger partial charge on any atom is 0.307 e. The molecule has 1 unspecified atom stereocenters. The Kier molecular flexibility index (Phi) is 12.8. The third kappa shape index (κ3) is 13.4. The van der Waals surface area contributed by atoms with Crippen LogP contribution in [0.25, 0.3) is 0 Å². The van der Waals surface area contributed by atoms with E-state index in [0.717, 1.165) is 32.1 Å². The van der Waals surface area contributed by atoms with Crippen molar-refractivity contribution in [3.05, 3.63) is 12.2 Å². The van der Waals surface area contributed by atoms with Gasteiger partial charge in [-0.15, -0.1) is 0 Å². The monoisotopic (exact) mass is 298 g/mol. The fourth-order valence-electron chi connectivity index (χ4n) is 2.28. The van der Waals surface area contributed by atoms with E-state index in [9.17, 15) is 9.59 Å². The molecule has 0 rings (SSSR count). The second-order valence-corrected chi connectivity index (χ2v) is 5.59. The van der Waals surface area contributed by atoms with Crippen LogP contribution in [0.1, 0.15) is 77.6 Å². The van der Waals surface area contributed by atoms with Crippen molar-refractivity contribution < 1.29 is 19.8 Å². The van der Waals surface area contributed by atoms with E-state index in [0.29, 0.717) is 6.42 Å². The van der Waals surface area contributed by atoms with Crippen molar-refractivity contribution in [2.45, 2.75) is 77.6 Å². The quantitative estimate of drug-likeness (QED) is 0.362. The lowest BCUT2D eigenvalue weighted by Gasteiger charge is -2.08. The Hall–Kier alpha value is -1.32. The number of carboxylic acid groups (broad SMARTS) is 2. The molecule has 0 aromatic carbocycles. The summed E-state index contributed by atoms with van der Waals surface area (Å²) in [5.74, 6) is -2.77. The van der Waals surface area contributed by atoms with E-state index in [1.165, 1.54) is 25.7 Å². The highest BCUT2D eigenvalue weighted by Gasteiger charge is 2.19. The van der Waals surface area contributed by atoms with Gasteiger partial charge in [0.15, 0.2) is 0 Å². The highest BCUT2D eigenvalue weighted by atomic mass is 16.4. The SMILES string of the molecule is CCCCCC/C=C/CCCCCC(CC(=O)O)C(=O)O. The van der Waals surface area contributed by atoms with Crippen LogP contribution in [0.2, 0.25) is 0 Å². The van der Waals surface area contributed by atoms with E-state index >= 15 is 0 Å². The predicted octanol–water partition coefficient (Wildman–Crippen LogP) is 4.64. The van der Waals surface area contributed by atoms with Crippen molar-refractivity contribution in [2.24, 2.45) is 5.92 Å². The molecule has 0 spiro atoms. The molecule has 0 bridgehead atoms. The second kappa shape index (κ2) is 13.7. The Balaban J connectivity index is 3.51. The summed E-state index contributed by atoms with van der Waals surface area (Å²) in [5.41, 5.74) is 0. The Morgan fingerprint density at radius 1 is 0.905 bits per heavy atom. The van der Waals surface area contributed by atoms with Crippen LogP contribution in [0.3, 0.4) is 0 Å². The molecule has 0 saturated heterocycles. The zero-order valence-electron chi connectivity index (χ0n) is 13.2. The first-order valence-electron chi connectivity index (χ1n) is 8.17. The molecule has 0 fully saturated rings. The summed E-state index contributed by atoms with van der Waals surface area (Å²) in [6.45, 7) is 2.21. The normalized spacial score (nSPS) is 12.6. The summed E-state index contributed by atoms with van der Waals surface area (Å²) in [5, 5.41) is 17.5. The van der Waals surface area contributed by atoms with Crippen LogP contribution in [0.15, 0.2) is 12.2 Å². The van der Waals surface area contributed by atoms with E-state index in [1.807, 2.05) is 0 Å². The lowest BCUT2D eigenvalue weighted by Crippen LogP contribution is -2.17. The Morgan fingerprint density at radius 2 is 1.48 bits per heavy atom. The van der Waals surface area contributed by atoms with Gasteiger partial charge in [0.2, 0.25) is 0 Å². The summed E-state index contributed by atoms with van der Waals surface area (Å²) < 4.78 is 0. The maximum atomic E-state index is 10.9. The molecular weight excluding hydrogens is 268 g/mol. The standard InChI is InChI=1S/C17H30O4/c1-2-3-4-5-6-7-8-9-10-11-12-13-15(17(20)21)14-16(18)19/h7-8,15H,2-6,9-14H2,1H3,(H,18,19)(H,20,21)/b8-7+. The van der Waals surface area contributed by atoms with E-state index in [2.05, 4.69) is 19.1 Å². The van der Waals surface area contributed by atoms with Crippen molar-refractivity contribution >= 4 is 11.9 Å². The number of allylic oxidation sites excluding steroid dienone is 2. The van der Waals surface area contributed by atoms with E-state index < -0.39 is 17.9 Å². The number of unbranched alkanes of at least 4 members (excludes halogenated alkanes) is 7. The summed E-state index contributed by atoms with van der Waals surface area (Å²) in [7, 11) is 0. The van der Waals surface area contributed by atoms with Crippen LogP contribution in [-0.4, -0.2) is 22.2 Å². The van der Waals surface area contributed by atoms with Gasteiger partial charge in [0, 0.05) is 0 Å². The van der Waals surface area contributed by atoms with Crippen LogP contribution in [0.4, 0.5) is 0 Å². The van der Waals surface area contributed by atoms with Crippen molar-refractivity contribution in [2.75, 3.05) is 0 Å². The lowest BCUT2D eigenvalue weighted by atomic mass is 9.97. The summed E-state index contributed by atoms with van der Waals surface area (Å²) in [4.78, 5) is 21.4. The minimum atomic E-state index is -1.03. The molecule has 0 saturated carbocycles. The van der Waals surface area contributed by atoms with Gasteiger partial charge < -0.3 is 10.2 Å². The van der Waals surface area contributed by atoms with Crippen molar-refractivity contribution in [3.63, 3.8) is 0 Å². The largest absolute Gasteiger partial charge is 0.481 e. The smallest absolute Gasteiger partial charge is 0.307 e. The van der Waals surface area contributed by atoms with Gasteiger partial charge in [-0.3, -0.25) is 9.59 Å². The zero-order chi connectivity index (χ0) is 15.9. The third-order valence-corrected chi connectivity index (χ3v) is 3.58. The number of carbonyl (C=O) groups is 2. The first-order valence-corrected chi connectivity index (χ1v) is 8.17. The van der Waals surface area contributed by atoms with Gasteiger partial charge in [0.1, 0.15) is 0 Å². The Bertz CT molecular complexity index is 310. The molecule has 0 aromatic rings. The van der Waals surface area contributed by atoms with Gasteiger partial charge in [0.05, 0.1) is 12.3 Å². The van der Waals surface area contributed by atoms with E-state index in [-0.39, 0.29) is 6.42 Å². The minimum Gasteiger partial charge on any atom is -0.481 e. The molecule has 0 amide bonds. The van der Waals surface area contributed by atoms with Gasteiger partial charge in [0.25, 0.3) is 0 Å². The predicted molar refractivity (Wildman–Crippen MR) is 84.4 cm³/mol. The zero-order valence-corrected chi connectivity index (χ0v) is 13.2. The highest BCUT2D eigenvalue weighted by molar-refractivity contribution is 5.77. The molecule has 122 valence electrons. The summed E-state index contributed by atoms with van der Waals surface area (Å²) in [6, 6.07) is 0. The van der Waals surface area contributed by atoms with Gasteiger partial charge >= 0.3 is 11.9 Å². The molecule has 21 heavy (non-hydrogen) atoms. The molecule has 0 heterocycles. The van der Waals surface area contributed by atoms with Gasteiger partial charge in [-0.1, -0.05) is 51.2 Å². The number of hydrogen-bond acceptors (Lipinski definition) is 2. The van der Waals surface area contributed by atoms with Crippen molar-refractivity contribution in [3.8, 4) is 0 Å². The number of hydrogen-bond donors (Lipinski definition) is 2. The Labute approximate surface area is 128 Å². The van der Waals surface area contributed by atoms with E-state index in [1.54, 1.807) is 0 Å². The molecule has 4 nitrogen and oxygen atoms in total. The molecule has 0 radical (unpaired) electrons. The first-order chi connectivity index (χ1) is 10.1. The molecule has 0 aromatic heterocycles. The van der Waals surface area contributed by atoms with E-state index in [4.69, 9.17) is 10.2 Å². The highest BCUT2D eigenvalue weighted by Crippen LogP contribution is 2.15. The summed E-state index contributed by atoms with van der Waals surface area (Å²) in [6.07, 6.45) is 14.8. The van der Waals surface area contributed by atoms with Crippen molar-refractivity contribution in [1.82, 2.24) is 0 Å². The molecular formula is C17H30O4. The molecule has 0 aliphatic rings. The van der Waals surface area contributed by atoms with Crippen LogP contribution < -0.4 is 0 Å². The fourth-order valence-corrected chi connectivity index (χ4v) is 2.28. The Morgan fingerprint density at radius 3 is 1.95 bits per heavy atom. The van der Waals surface area contributed by atoms with Crippen LogP contribution >= 0.6 is 0 Å². The van der Waals surface area contributed by atoms with Gasteiger partial charge in [-0.05, 0) is 32.1 Å². The van der Waals surface area contributed by atoms with Crippen LogP contribution in [-0.2, 0) is 9.59 Å². The lowest BCUT2D eigenvalue weighted by molar-refractivity contribution is -0.148. The van der Waals surface area contributed by atoms with Crippen LogP contribution in [0.5, 0.6) is 0 Å². The average molecular weight is 298 g/mol. The topological polar surface area (TPSA) is 74.6 Å². The molecule has 1 atom stereocenters. The average Bonchev–Trinajstić information content (AvgIpc) is 2.42. The number of carboxylic acids is 2. The number of aliphatic carboxylic acids is 2. The minimum absolute atomic E-state index is 0.271. The fraction of sp³-hybridized carbons (Fsp3) is 0.765. The van der Waals surface area contributed by atoms with Crippen molar-refractivity contribution in [1.29, 1.82) is 0 Å².